The van der Waals surface area contributed by atoms with Gasteiger partial charge in [-0.3, -0.25) is 0 Å². The second kappa shape index (κ2) is 12.3. The number of hydrogen-bond donors (Lipinski definition) is 2. The van der Waals surface area contributed by atoms with Gasteiger partial charge in [0.15, 0.2) is 0 Å². The SMILES string of the molecule is COc1cc(NCCCCCCNC(C)(C)c2cc(OC)cc(OC)c2)cc(OC)c1. The molecule has 0 radical (unpaired) electrons. The third kappa shape index (κ3) is 7.87. The van der Waals surface area contributed by atoms with E-state index in [1.54, 1.807) is 28.4 Å². The van der Waals surface area contributed by atoms with Gasteiger partial charge < -0.3 is 29.6 Å². The Labute approximate surface area is 187 Å². The molecule has 2 aromatic rings. The number of methoxy groups -OCH3 is 4. The number of benzene rings is 2. The molecule has 0 aliphatic rings. The number of rotatable bonds is 14. The van der Waals surface area contributed by atoms with E-state index in [4.69, 9.17) is 18.9 Å². The van der Waals surface area contributed by atoms with Gasteiger partial charge in [-0.1, -0.05) is 12.8 Å². The van der Waals surface area contributed by atoms with Crippen LogP contribution in [0, 0.1) is 0 Å². The van der Waals surface area contributed by atoms with Crippen LogP contribution in [0.15, 0.2) is 36.4 Å². The summed E-state index contributed by atoms with van der Waals surface area (Å²) in [6, 6.07) is 11.9. The van der Waals surface area contributed by atoms with Crippen LogP contribution < -0.4 is 29.6 Å². The van der Waals surface area contributed by atoms with Crippen LogP contribution in [0.25, 0.3) is 0 Å². The van der Waals surface area contributed by atoms with Gasteiger partial charge in [-0.2, -0.15) is 0 Å². The van der Waals surface area contributed by atoms with Gasteiger partial charge >= 0.3 is 0 Å². The minimum Gasteiger partial charge on any atom is -0.497 e. The summed E-state index contributed by atoms with van der Waals surface area (Å²) < 4.78 is 21.4. The van der Waals surface area contributed by atoms with E-state index in [-0.39, 0.29) is 5.54 Å². The van der Waals surface area contributed by atoms with E-state index in [1.165, 1.54) is 12.8 Å². The molecule has 0 saturated carbocycles. The van der Waals surface area contributed by atoms with Gasteiger partial charge in [0.2, 0.25) is 0 Å². The molecule has 6 heteroatoms. The third-order valence-corrected chi connectivity index (χ3v) is 5.42. The molecule has 0 aliphatic carbocycles. The molecule has 6 nitrogen and oxygen atoms in total. The summed E-state index contributed by atoms with van der Waals surface area (Å²) in [6.45, 7) is 6.27. The fourth-order valence-electron chi connectivity index (χ4n) is 3.42. The number of nitrogens with one attached hydrogen (secondary N) is 2. The molecule has 2 N–H and O–H groups in total. The monoisotopic (exact) mass is 430 g/mol. The Morgan fingerprint density at radius 1 is 0.613 bits per heavy atom. The van der Waals surface area contributed by atoms with Crippen LogP contribution in [-0.4, -0.2) is 41.5 Å². The van der Waals surface area contributed by atoms with Crippen LogP contribution in [0.5, 0.6) is 23.0 Å². The first-order valence-corrected chi connectivity index (χ1v) is 10.9. The molecular weight excluding hydrogens is 392 g/mol. The Hall–Kier alpha value is -2.60. The van der Waals surface area contributed by atoms with E-state index in [9.17, 15) is 0 Å². The molecule has 172 valence electrons. The van der Waals surface area contributed by atoms with Gasteiger partial charge in [-0.25, -0.2) is 0 Å². The van der Waals surface area contributed by atoms with Crippen molar-refractivity contribution in [2.75, 3.05) is 46.8 Å². The second-order valence-corrected chi connectivity index (χ2v) is 8.10. The Kier molecular flexibility index (Phi) is 9.79. The van der Waals surface area contributed by atoms with Gasteiger partial charge in [-0.05, 0) is 50.9 Å². The molecule has 0 atom stereocenters. The predicted molar refractivity (Wildman–Crippen MR) is 127 cm³/mol. The largest absolute Gasteiger partial charge is 0.497 e. The smallest absolute Gasteiger partial charge is 0.124 e. The van der Waals surface area contributed by atoms with E-state index < -0.39 is 0 Å². The average molecular weight is 431 g/mol. The summed E-state index contributed by atoms with van der Waals surface area (Å²) in [7, 11) is 6.69. The molecule has 0 aliphatic heterocycles. The number of ether oxygens (including phenoxy) is 4. The molecule has 0 bridgehead atoms. The van der Waals surface area contributed by atoms with E-state index >= 15 is 0 Å². The van der Waals surface area contributed by atoms with Crippen molar-refractivity contribution >= 4 is 5.69 Å². The van der Waals surface area contributed by atoms with Crippen molar-refractivity contribution in [1.29, 1.82) is 0 Å². The highest BCUT2D eigenvalue weighted by atomic mass is 16.5. The standard InChI is InChI=1S/C25H38N2O4/c1-25(2,19-13-21(28-3)17-22(14-19)29-4)27-12-10-8-7-9-11-26-20-15-23(30-5)18-24(16-20)31-6/h13-18,26-27H,7-12H2,1-6H3. The van der Waals surface area contributed by atoms with Crippen LogP contribution in [0.3, 0.4) is 0 Å². The van der Waals surface area contributed by atoms with Crippen LogP contribution in [0.2, 0.25) is 0 Å². The quantitative estimate of drug-likeness (QED) is 0.401. The van der Waals surface area contributed by atoms with Crippen LogP contribution >= 0.6 is 0 Å². The maximum absolute atomic E-state index is 5.40. The summed E-state index contributed by atoms with van der Waals surface area (Å²) in [5.41, 5.74) is 2.02. The summed E-state index contributed by atoms with van der Waals surface area (Å²) in [5, 5.41) is 7.12. The first-order chi connectivity index (χ1) is 14.9. The Balaban J connectivity index is 1.69. The zero-order valence-electron chi connectivity index (χ0n) is 19.8. The predicted octanol–water partition coefficient (Wildman–Crippen LogP) is 5.22. The fraction of sp³-hybridized carbons (Fsp3) is 0.520. The highest BCUT2D eigenvalue weighted by Crippen LogP contribution is 2.29. The highest BCUT2D eigenvalue weighted by molar-refractivity contribution is 5.53. The summed E-state index contributed by atoms with van der Waals surface area (Å²) in [6.07, 6.45) is 4.63. The zero-order valence-corrected chi connectivity index (χ0v) is 19.8. The lowest BCUT2D eigenvalue weighted by molar-refractivity contribution is 0.373. The molecule has 2 aromatic carbocycles. The molecule has 0 aromatic heterocycles. The third-order valence-electron chi connectivity index (χ3n) is 5.42. The van der Waals surface area contributed by atoms with Crippen LogP contribution in [-0.2, 0) is 5.54 Å². The molecule has 0 unspecified atom stereocenters. The number of hydrogen-bond acceptors (Lipinski definition) is 6. The maximum Gasteiger partial charge on any atom is 0.124 e. The van der Waals surface area contributed by atoms with E-state index in [0.717, 1.165) is 60.2 Å². The van der Waals surface area contributed by atoms with Crippen molar-refractivity contribution in [3.63, 3.8) is 0 Å². The van der Waals surface area contributed by atoms with E-state index in [2.05, 4.69) is 36.6 Å². The van der Waals surface area contributed by atoms with E-state index in [1.807, 2.05) is 24.3 Å². The van der Waals surface area contributed by atoms with Crippen molar-refractivity contribution < 1.29 is 18.9 Å². The lowest BCUT2D eigenvalue weighted by Gasteiger charge is -2.28. The minimum absolute atomic E-state index is 0.158. The lowest BCUT2D eigenvalue weighted by atomic mass is 9.93. The second-order valence-electron chi connectivity index (χ2n) is 8.10. The van der Waals surface area contributed by atoms with Crippen LogP contribution in [0.4, 0.5) is 5.69 Å². The zero-order chi connectivity index (χ0) is 22.7. The number of anilines is 1. The molecule has 2 rings (SSSR count). The molecular formula is C25H38N2O4. The van der Waals surface area contributed by atoms with Crippen molar-refractivity contribution in [1.82, 2.24) is 5.32 Å². The van der Waals surface area contributed by atoms with E-state index in [0.29, 0.717) is 0 Å². The Morgan fingerprint density at radius 2 is 1.06 bits per heavy atom. The molecule has 0 fully saturated rings. The molecule has 0 spiro atoms. The Bertz CT molecular complexity index is 764. The molecule has 0 amide bonds. The van der Waals surface area contributed by atoms with Crippen molar-refractivity contribution in [2.45, 2.75) is 45.1 Å². The first kappa shape index (κ1) is 24.7. The fourth-order valence-corrected chi connectivity index (χ4v) is 3.42. The van der Waals surface area contributed by atoms with Gasteiger partial charge in [-0.15, -0.1) is 0 Å². The number of unbranched alkanes of at least 4 members (excludes halogenated alkanes) is 3. The topological polar surface area (TPSA) is 61.0 Å². The lowest BCUT2D eigenvalue weighted by Crippen LogP contribution is -2.37. The summed E-state index contributed by atoms with van der Waals surface area (Å²) in [4.78, 5) is 0. The molecule has 0 heterocycles. The Morgan fingerprint density at radius 3 is 1.55 bits per heavy atom. The highest BCUT2D eigenvalue weighted by Gasteiger charge is 2.21. The van der Waals surface area contributed by atoms with Crippen molar-refractivity contribution in [3.8, 4) is 23.0 Å². The summed E-state index contributed by atoms with van der Waals surface area (Å²) >= 11 is 0. The summed E-state index contributed by atoms with van der Waals surface area (Å²) in [5.74, 6) is 3.21. The van der Waals surface area contributed by atoms with Crippen molar-refractivity contribution in [3.05, 3.63) is 42.0 Å². The maximum atomic E-state index is 5.40. The van der Waals surface area contributed by atoms with Gasteiger partial charge in [0.25, 0.3) is 0 Å². The van der Waals surface area contributed by atoms with Gasteiger partial charge in [0, 0.05) is 42.0 Å². The van der Waals surface area contributed by atoms with Gasteiger partial charge in [0.1, 0.15) is 23.0 Å². The molecule has 31 heavy (non-hydrogen) atoms. The normalized spacial score (nSPS) is 11.2. The van der Waals surface area contributed by atoms with Gasteiger partial charge in [0.05, 0.1) is 28.4 Å². The first-order valence-electron chi connectivity index (χ1n) is 10.9. The minimum atomic E-state index is -0.158. The van der Waals surface area contributed by atoms with Crippen molar-refractivity contribution in [2.24, 2.45) is 0 Å². The van der Waals surface area contributed by atoms with Crippen LogP contribution in [0.1, 0.15) is 45.1 Å². The average Bonchev–Trinajstić information content (AvgIpc) is 2.79. The molecule has 0 saturated heterocycles.